The zero-order valence-corrected chi connectivity index (χ0v) is 23.8. The highest BCUT2D eigenvalue weighted by atomic mass is 31.2. The highest BCUT2D eigenvalue weighted by molar-refractivity contribution is 7.45. The molecular formula is C22H54F2N2O8P2. The van der Waals surface area contributed by atoms with E-state index in [9.17, 15) is 8.78 Å². The van der Waals surface area contributed by atoms with Crippen LogP contribution >= 0.6 is 15.6 Å². The predicted octanol–water partition coefficient (Wildman–Crippen LogP) is 6.17. The van der Waals surface area contributed by atoms with Gasteiger partial charge in [-0.1, -0.05) is 116 Å². The molecule has 0 saturated carbocycles. The Bertz CT molecular complexity index is 490. The van der Waals surface area contributed by atoms with Crippen molar-refractivity contribution in [2.45, 2.75) is 129 Å². The zero-order valence-electron chi connectivity index (χ0n) is 22.0. The van der Waals surface area contributed by atoms with Crippen molar-refractivity contribution < 1.29 is 47.3 Å². The van der Waals surface area contributed by atoms with Gasteiger partial charge in [-0.25, -0.2) is 17.9 Å². The van der Waals surface area contributed by atoms with E-state index in [1.807, 2.05) is 0 Å². The molecule has 0 spiro atoms. The van der Waals surface area contributed by atoms with Crippen molar-refractivity contribution in [2.75, 3.05) is 6.54 Å². The molecule has 0 aliphatic carbocycles. The van der Waals surface area contributed by atoms with Crippen LogP contribution in [0.4, 0.5) is 8.78 Å². The van der Waals surface area contributed by atoms with Gasteiger partial charge < -0.3 is 41.2 Å². The third-order valence-electron chi connectivity index (χ3n) is 5.34. The first kappa shape index (κ1) is 43.1. The molecule has 224 valence electrons. The Morgan fingerprint density at radius 3 is 1.00 bits per heavy atom. The van der Waals surface area contributed by atoms with Crippen LogP contribution in [0.1, 0.15) is 122 Å². The summed E-state index contributed by atoms with van der Waals surface area (Å²) >= 11 is 0. The summed E-state index contributed by atoms with van der Waals surface area (Å²) in [5.41, 5.74) is 5.37. The first-order valence-electron chi connectivity index (χ1n) is 12.8. The van der Waals surface area contributed by atoms with Crippen molar-refractivity contribution in [3.05, 3.63) is 0 Å². The molecule has 0 aromatic rings. The number of alkyl halides is 2. The number of nitrogens with two attached hydrogens (primary N) is 1. The van der Waals surface area contributed by atoms with Gasteiger partial charge >= 0.3 is 15.6 Å². The maximum Gasteiger partial charge on any atom is 0.466 e. The van der Waals surface area contributed by atoms with Crippen LogP contribution in [0.3, 0.4) is 0 Å². The maximum absolute atomic E-state index is 12.5. The molecule has 0 heterocycles. The molecule has 0 bridgehead atoms. The van der Waals surface area contributed by atoms with Gasteiger partial charge in [-0.3, -0.25) is 0 Å². The van der Waals surface area contributed by atoms with Gasteiger partial charge in [-0.15, -0.1) is 0 Å². The minimum absolute atomic E-state index is 0. The number of hydrogen-bond donors (Lipinski definition) is 8. The lowest BCUT2D eigenvalue weighted by Gasteiger charge is -2.12. The Morgan fingerprint density at radius 2 is 0.806 bits per heavy atom. The molecule has 1 unspecified atom stereocenters. The molecule has 0 aromatic carbocycles. The molecule has 0 saturated heterocycles. The summed E-state index contributed by atoms with van der Waals surface area (Å²) in [5, 5.41) is 0. The van der Waals surface area contributed by atoms with Gasteiger partial charge in [-0.2, -0.15) is 0 Å². The third-order valence-corrected chi connectivity index (χ3v) is 5.34. The molecule has 0 aromatic heterocycles. The minimum atomic E-state index is -4.64. The fourth-order valence-corrected chi connectivity index (χ4v) is 3.48. The van der Waals surface area contributed by atoms with Crippen LogP contribution in [0, 0.1) is 5.92 Å². The fourth-order valence-electron chi connectivity index (χ4n) is 3.48. The van der Waals surface area contributed by atoms with Crippen LogP contribution in [0.2, 0.25) is 0 Å². The van der Waals surface area contributed by atoms with Gasteiger partial charge in [0.2, 0.25) is 6.43 Å². The molecule has 0 radical (unpaired) electrons. The molecule has 0 fully saturated rings. The second-order valence-corrected chi connectivity index (χ2v) is 10.9. The van der Waals surface area contributed by atoms with E-state index in [0.717, 1.165) is 12.8 Å². The van der Waals surface area contributed by atoms with Crippen molar-refractivity contribution in [1.82, 2.24) is 6.15 Å². The molecule has 0 aliphatic rings. The molecular weight excluding hydrogens is 520 g/mol. The van der Waals surface area contributed by atoms with Crippen LogP contribution in [0.25, 0.3) is 0 Å². The Hall–Kier alpha value is -0.0000000000000000694. The molecule has 0 rings (SSSR count). The van der Waals surface area contributed by atoms with E-state index < -0.39 is 28.0 Å². The highest BCUT2D eigenvalue weighted by Crippen LogP contribution is 2.26. The van der Waals surface area contributed by atoms with E-state index in [-0.39, 0.29) is 12.7 Å². The number of unbranched alkanes of at least 4 members (excludes halogenated alkanes) is 16. The van der Waals surface area contributed by atoms with E-state index in [1.54, 1.807) is 0 Å². The summed E-state index contributed by atoms with van der Waals surface area (Å²) < 4.78 is 42.8. The van der Waals surface area contributed by atoms with E-state index >= 15 is 0 Å². The van der Waals surface area contributed by atoms with E-state index in [4.69, 9.17) is 44.2 Å². The fraction of sp³-hybridized carbons (Fsp3) is 1.00. The van der Waals surface area contributed by atoms with Gasteiger partial charge in [0.25, 0.3) is 0 Å². The standard InChI is InChI=1S/C22H45F2N.H3N.2H3O4P/c1-2-3-4-5-6-7-8-9-10-11-12-13-14-15-16-17-18-19-21(20-25)22(23)24;;2*1-5(2,3)4/h21-22H,2-20,25H2,1H3;1H3;2*(H3,1,2,3,4). The minimum Gasteiger partial charge on any atom is -0.344 e. The Kier molecular flexibility index (Phi) is 35.4. The molecule has 1 atom stereocenters. The van der Waals surface area contributed by atoms with Crippen LogP contribution in [0.5, 0.6) is 0 Å². The van der Waals surface area contributed by atoms with Gasteiger partial charge in [0.15, 0.2) is 0 Å². The second-order valence-electron chi connectivity index (χ2n) is 8.80. The first-order chi connectivity index (χ1) is 16.2. The average Bonchev–Trinajstić information content (AvgIpc) is 2.70. The average molecular weight is 575 g/mol. The Morgan fingerprint density at radius 1 is 0.583 bits per heavy atom. The first-order valence-corrected chi connectivity index (χ1v) is 15.9. The lowest BCUT2D eigenvalue weighted by Crippen LogP contribution is -2.21. The van der Waals surface area contributed by atoms with E-state index in [2.05, 4.69) is 6.92 Å². The van der Waals surface area contributed by atoms with Crippen molar-refractivity contribution in [3.8, 4) is 0 Å². The maximum atomic E-state index is 12.5. The second kappa shape index (κ2) is 29.6. The van der Waals surface area contributed by atoms with Crippen LogP contribution < -0.4 is 11.9 Å². The molecule has 36 heavy (non-hydrogen) atoms. The summed E-state index contributed by atoms with van der Waals surface area (Å²) in [5.74, 6) is -0.587. The Balaban J connectivity index is -0.000000390. The van der Waals surface area contributed by atoms with Crippen molar-refractivity contribution in [3.63, 3.8) is 0 Å². The number of rotatable bonds is 20. The molecule has 14 heteroatoms. The number of phosphoric acid groups is 2. The van der Waals surface area contributed by atoms with Gasteiger partial charge in [0.1, 0.15) is 0 Å². The van der Waals surface area contributed by atoms with E-state index in [1.165, 1.54) is 96.3 Å². The van der Waals surface area contributed by atoms with Crippen LogP contribution in [0.15, 0.2) is 0 Å². The van der Waals surface area contributed by atoms with Crippen molar-refractivity contribution >= 4 is 15.6 Å². The third kappa shape index (κ3) is 59.2. The number of halogens is 2. The smallest absolute Gasteiger partial charge is 0.344 e. The van der Waals surface area contributed by atoms with Gasteiger partial charge in [0, 0.05) is 12.5 Å². The van der Waals surface area contributed by atoms with Crippen LogP contribution in [-0.2, 0) is 9.13 Å². The summed E-state index contributed by atoms with van der Waals surface area (Å²) in [6, 6.07) is 0. The summed E-state index contributed by atoms with van der Waals surface area (Å²) in [4.78, 5) is 43.1. The molecule has 11 N–H and O–H groups in total. The molecule has 0 amide bonds. The monoisotopic (exact) mass is 574 g/mol. The zero-order chi connectivity index (χ0) is 27.6. The van der Waals surface area contributed by atoms with Gasteiger partial charge in [0.05, 0.1) is 0 Å². The van der Waals surface area contributed by atoms with Crippen molar-refractivity contribution in [1.29, 1.82) is 0 Å². The van der Waals surface area contributed by atoms with Crippen molar-refractivity contribution in [2.24, 2.45) is 11.7 Å². The summed E-state index contributed by atoms with van der Waals surface area (Å²) in [6.45, 7) is 2.39. The lowest BCUT2D eigenvalue weighted by molar-refractivity contribution is 0.0752. The lowest BCUT2D eigenvalue weighted by atomic mass is 10.00. The molecule has 0 aliphatic heterocycles. The van der Waals surface area contributed by atoms with Gasteiger partial charge in [-0.05, 0) is 6.42 Å². The Labute approximate surface area is 216 Å². The largest absolute Gasteiger partial charge is 0.466 e. The quantitative estimate of drug-likeness (QED) is 0.0610. The van der Waals surface area contributed by atoms with Crippen LogP contribution in [-0.4, -0.2) is 42.3 Å². The van der Waals surface area contributed by atoms with E-state index in [0.29, 0.717) is 6.42 Å². The number of hydrogen-bond acceptors (Lipinski definition) is 4. The molecule has 10 nitrogen and oxygen atoms in total. The normalized spacial score (nSPS) is 12.2. The summed E-state index contributed by atoms with van der Waals surface area (Å²) in [6.07, 6.45) is 20.9. The highest BCUT2D eigenvalue weighted by Gasteiger charge is 2.17. The predicted molar refractivity (Wildman–Crippen MR) is 141 cm³/mol. The summed E-state index contributed by atoms with van der Waals surface area (Å²) in [7, 11) is -9.28. The SMILES string of the molecule is CCCCCCCCCCCCCCCCCCCC(CN)C(F)F.N.O=P(O)(O)O.O=P(O)(O)O. The topological polar surface area (TPSA) is 217 Å².